The topological polar surface area (TPSA) is 139 Å². The number of hydrogen-bond donors (Lipinski definition) is 3. The molecular weight excluding hydrogens is 366 g/mol. The average Bonchev–Trinajstić information content (AvgIpc) is 2.68. The van der Waals surface area contributed by atoms with Crippen LogP contribution in [0.1, 0.15) is 22.3 Å². The minimum Gasteiger partial charge on any atom is -0.481 e. The van der Waals surface area contributed by atoms with E-state index in [0.717, 1.165) is 0 Å². The number of carboxylic acid groups (broad SMARTS) is 1. The number of hydrogen-bond acceptors (Lipinski definition) is 5. The van der Waals surface area contributed by atoms with E-state index in [1.54, 1.807) is 36.4 Å². The molecule has 28 heavy (non-hydrogen) atoms. The number of nitro benzene ring substituents is 1. The summed E-state index contributed by atoms with van der Waals surface area (Å²) in [6, 6.07) is 13.8. The molecule has 0 bridgehead atoms. The second kappa shape index (κ2) is 9.62. The molecule has 0 saturated heterocycles. The minimum atomic E-state index is -1.10. The van der Waals surface area contributed by atoms with Gasteiger partial charge in [0.1, 0.15) is 5.70 Å². The Balaban J connectivity index is 2.33. The summed E-state index contributed by atoms with van der Waals surface area (Å²) in [5.74, 6) is -2.44. The predicted molar refractivity (Wildman–Crippen MR) is 100 cm³/mol. The molecule has 0 unspecified atom stereocenters. The summed E-state index contributed by atoms with van der Waals surface area (Å²) in [6.45, 7) is -0.163. The Morgan fingerprint density at radius 3 is 2.32 bits per heavy atom. The smallest absolute Gasteiger partial charge is 0.305 e. The van der Waals surface area contributed by atoms with Gasteiger partial charge in [-0.3, -0.25) is 24.5 Å². The molecule has 0 aliphatic carbocycles. The molecule has 0 saturated carbocycles. The zero-order chi connectivity index (χ0) is 20.5. The summed E-state index contributed by atoms with van der Waals surface area (Å²) in [5, 5.41) is 24.7. The van der Waals surface area contributed by atoms with Crippen LogP contribution in [0.2, 0.25) is 0 Å². The number of carboxylic acids is 1. The van der Waals surface area contributed by atoms with Crippen molar-refractivity contribution in [3.05, 3.63) is 81.5 Å². The van der Waals surface area contributed by atoms with Gasteiger partial charge in [0.15, 0.2) is 0 Å². The molecule has 9 nitrogen and oxygen atoms in total. The molecule has 144 valence electrons. The molecule has 0 aliphatic rings. The van der Waals surface area contributed by atoms with Crippen molar-refractivity contribution in [2.45, 2.75) is 6.42 Å². The Kier molecular flexibility index (Phi) is 6.98. The molecular formula is C19H17N3O6. The molecule has 0 spiro atoms. The molecule has 0 fully saturated rings. The Bertz CT molecular complexity index is 924. The van der Waals surface area contributed by atoms with Gasteiger partial charge in [-0.2, -0.15) is 0 Å². The van der Waals surface area contributed by atoms with Crippen molar-refractivity contribution in [3.8, 4) is 0 Å². The molecule has 2 amide bonds. The van der Waals surface area contributed by atoms with E-state index in [0.29, 0.717) is 0 Å². The lowest BCUT2D eigenvalue weighted by molar-refractivity contribution is -0.385. The van der Waals surface area contributed by atoms with Crippen LogP contribution in [-0.4, -0.2) is 34.4 Å². The molecule has 0 atom stereocenters. The Morgan fingerprint density at radius 2 is 1.68 bits per heavy atom. The highest BCUT2D eigenvalue weighted by Crippen LogP contribution is 2.20. The zero-order valence-electron chi connectivity index (χ0n) is 14.6. The highest BCUT2D eigenvalue weighted by Gasteiger charge is 2.18. The zero-order valence-corrected chi connectivity index (χ0v) is 14.6. The summed E-state index contributed by atoms with van der Waals surface area (Å²) in [6.07, 6.45) is 0.867. The van der Waals surface area contributed by atoms with Crippen LogP contribution in [0.4, 0.5) is 5.69 Å². The fourth-order valence-electron chi connectivity index (χ4n) is 2.25. The van der Waals surface area contributed by atoms with Gasteiger partial charge in [-0.1, -0.05) is 30.3 Å². The molecule has 2 rings (SSSR count). The lowest BCUT2D eigenvalue weighted by Gasteiger charge is -2.11. The summed E-state index contributed by atoms with van der Waals surface area (Å²) in [7, 11) is 0. The number of aliphatic carboxylic acids is 1. The average molecular weight is 383 g/mol. The van der Waals surface area contributed by atoms with E-state index in [9.17, 15) is 24.5 Å². The fourth-order valence-corrected chi connectivity index (χ4v) is 2.25. The number of benzene rings is 2. The van der Waals surface area contributed by atoms with Crippen molar-refractivity contribution in [1.29, 1.82) is 0 Å². The van der Waals surface area contributed by atoms with Crippen LogP contribution in [0.3, 0.4) is 0 Å². The highest BCUT2D eigenvalue weighted by molar-refractivity contribution is 6.05. The third-order valence-corrected chi connectivity index (χ3v) is 3.59. The number of amides is 2. The first-order chi connectivity index (χ1) is 13.4. The predicted octanol–water partition coefficient (Wildman–Crippen LogP) is 1.96. The van der Waals surface area contributed by atoms with Crippen LogP contribution >= 0.6 is 0 Å². The largest absolute Gasteiger partial charge is 0.481 e. The van der Waals surface area contributed by atoms with Gasteiger partial charge in [0.05, 0.1) is 16.9 Å². The van der Waals surface area contributed by atoms with Crippen molar-refractivity contribution < 1.29 is 24.4 Å². The lowest BCUT2D eigenvalue weighted by Crippen LogP contribution is -2.35. The monoisotopic (exact) mass is 383 g/mol. The number of carbonyl (C=O) groups excluding carboxylic acids is 2. The summed E-state index contributed by atoms with van der Waals surface area (Å²) < 4.78 is 0. The summed E-state index contributed by atoms with van der Waals surface area (Å²) in [5.41, 5.74) is -0.0839. The summed E-state index contributed by atoms with van der Waals surface area (Å²) in [4.78, 5) is 46.0. The van der Waals surface area contributed by atoms with Crippen molar-refractivity contribution in [2.24, 2.45) is 0 Å². The van der Waals surface area contributed by atoms with Crippen LogP contribution in [0, 0.1) is 10.1 Å². The van der Waals surface area contributed by atoms with Crippen LogP contribution in [-0.2, 0) is 9.59 Å². The Morgan fingerprint density at radius 1 is 1.04 bits per heavy atom. The van der Waals surface area contributed by atoms with Gasteiger partial charge in [0, 0.05) is 18.2 Å². The first-order valence-corrected chi connectivity index (χ1v) is 8.20. The van der Waals surface area contributed by atoms with Gasteiger partial charge < -0.3 is 15.7 Å². The van der Waals surface area contributed by atoms with E-state index in [2.05, 4.69) is 10.6 Å². The first kappa shape index (κ1) is 20.3. The van der Waals surface area contributed by atoms with Gasteiger partial charge >= 0.3 is 5.97 Å². The van der Waals surface area contributed by atoms with Crippen LogP contribution in [0.25, 0.3) is 6.08 Å². The summed E-state index contributed by atoms with van der Waals surface area (Å²) >= 11 is 0. The van der Waals surface area contributed by atoms with Gasteiger partial charge in [-0.15, -0.1) is 0 Å². The first-order valence-electron chi connectivity index (χ1n) is 8.20. The quantitative estimate of drug-likeness (QED) is 0.362. The normalized spacial score (nSPS) is 10.8. The molecule has 3 N–H and O–H groups in total. The molecule has 2 aromatic carbocycles. The van der Waals surface area contributed by atoms with Crippen LogP contribution in [0.15, 0.2) is 60.3 Å². The number of para-hydroxylation sites is 1. The Labute approximate surface area is 159 Å². The maximum Gasteiger partial charge on any atom is 0.305 e. The van der Waals surface area contributed by atoms with Crippen LogP contribution < -0.4 is 10.6 Å². The second-order valence-corrected chi connectivity index (χ2v) is 5.59. The fraction of sp³-hybridized carbons (Fsp3) is 0.105. The minimum absolute atomic E-state index is 0.115. The SMILES string of the molecule is O=C(O)CCNC(=O)C(=Cc1ccccc1[N+](=O)[O-])NC(=O)c1ccccc1. The van der Waals surface area contributed by atoms with Crippen molar-refractivity contribution >= 4 is 29.5 Å². The third kappa shape index (κ3) is 5.77. The third-order valence-electron chi connectivity index (χ3n) is 3.59. The van der Waals surface area contributed by atoms with Gasteiger partial charge in [-0.25, -0.2) is 0 Å². The van der Waals surface area contributed by atoms with Gasteiger partial charge in [0.2, 0.25) is 0 Å². The van der Waals surface area contributed by atoms with E-state index in [4.69, 9.17) is 5.11 Å². The molecule has 0 aromatic heterocycles. The number of carbonyl (C=O) groups is 3. The molecule has 0 heterocycles. The van der Waals surface area contributed by atoms with E-state index in [1.807, 2.05) is 0 Å². The maximum atomic E-state index is 12.4. The van der Waals surface area contributed by atoms with E-state index in [1.165, 1.54) is 24.3 Å². The molecule has 0 radical (unpaired) electrons. The van der Waals surface area contributed by atoms with Crippen molar-refractivity contribution in [2.75, 3.05) is 6.54 Å². The molecule has 0 aliphatic heterocycles. The van der Waals surface area contributed by atoms with Crippen molar-refractivity contribution in [1.82, 2.24) is 10.6 Å². The van der Waals surface area contributed by atoms with E-state index >= 15 is 0 Å². The van der Waals surface area contributed by atoms with E-state index < -0.39 is 22.7 Å². The Hall–Kier alpha value is -4.01. The highest BCUT2D eigenvalue weighted by atomic mass is 16.6. The number of rotatable bonds is 8. The standard InChI is InChI=1S/C19H17N3O6/c23-17(24)10-11-20-19(26)15(21-18(25)13-6-2-1-3-7-13)12-14-8-4-5-9-16(14)22(27)28/h1-9,12H,10-11H2,(H,20,26)(H,21,25)(H,23,24). The number of nitrogens with one attached hydrogen (secondary N) is 2. The maximum absolute atomic E-state index is 12.4. The van der Waals surface area contributed by atoms with Gasteiger partial charge in [0.25, 0.3) is 17.5 Å². The number of nitrogens with zero attached hydrogens (tertiary/aromatic N) is 1. The second-order valence-electron chi connectivity index (χ2n) is 5.59. The van der Waals surface area contributed by atoms with E-state index in [-0.39, 0.29) is 35.5 Å². The lowest BCUT2D eigenvalue weighted by atomic mass is 10.1. The van der Waals surface area contributed by atoms with Crippen LogP contribution in [0.5, 0.6) is 0 Å². The number of nitro groups is 1. The molecule has 2 aromatic rings. The molecule has 9 heteroatoms. The van der Waals surface area contributed by atoms with Gasteiger partial charge in [-0.05, 0) is 24.3 Å². The van der Waals surface area contributed by atoms with Crippen molar-refractivity contribution in [3.63, 3.8) is 0 Å².